The molecule has 3 aromatic carbocycles. The first-order valence-electron chi connectivity index (χ1n) is 10.0. The molecular weight excluding hydrogens is 400 g/mol. The van der Waals surface area contributed by atoms with Crippen molar-refractivity contribution in [2.24, 2.45) is 0 Å². The van der Waals surface area contributed by atoms with Crippen LogP contribution in [0.4, 0.5) is 0 Å². The Labute approximate surface area is 180 Å². The van der Waals surface area contributed by atoms with Gasteiger partial charge in [-0.3, -0.25) is 9.59 Å². The molecule has 1 N–H and O–H groups in total. The van der Waals surface area contributed by atoms with E-state index in [0.29, 0.717) is 23.9 Å². The molecule has 1 heterocycles. The number of amides is 2. The van der Waals surface area contributed by atoms with Crippen LogP contribution in [-0.2, 0) is 4.79 Å². The van der Waals surface area contributed by atoms with Crippen LogP contribution >= 0.6 is 11.6 Å². The van der Waals surface area contributed by atoms with Crippen LogP contribution in [-0.4, -0.2) is 42.5 Å². The van der Waals surface area contributed by atoms with E-state index in [1.54, 1.807) is 24.3 Å². The highest BCUT2D eigenvalue weighted by molar-refractivity contribution is 6.30. The summed E-state index contributed by atoms with van der Waals surface area (Å²) in [5.74, 6) is 0.483. The van der Waals surface area contributed by atoms with Crippen LogP contribution in [0.3, 0.4) is 0 Å². The van der Waals surface area contributed by atoms with E-state index in [1.807, 2.05) is 47.4 Å². The molecule has 0 aliphatic carbocycles. The Hall–Kier alpha value is -3.05. The molecule has 3 aromatic rings. The number of likely N-dealkylation sites (tertiary alicyclic amines) is 1. The number of hydrogen-bond donors (Lipinski definition) is 1. The second-order valence-corrected chi connectivity index (χ2v) is 7.84. The van der Waals surface area contributed by atoms with Crippen molar-refractivity contribution >= 4 is 34.2 Å². The van der Waals surface area contributed by atoms with Crippen LogP contribution in [0.2, 0.25) is 5.02 Å². The Morgan fingerprint density at radius 2 is 1.67 bits per heavy atom. The minimum absolute atomic E-state index is 0.0441. The molecular formula is C24H23ClN2O3. The van der Waals surface area contributed by atoms with Crippen LogP contribution in [0, 0.1) is 0 Å². The second kappa shape index (κ2) is 9.18. The van der Waals surface area contributed by atoms with Gasteiger partial charge in [0.15, 0.2) is 6.61 Å². The van der Waals surface area contributed by atoms with E-state index in [1.165, 1.54) is 0 Å². The number of ether oxygens (including phenoxy) is 1. The number of carbonyl (C=O) groups excluding carboxylic acids is 2. The highest BCUT2D eigenvalue weighted by Crippen LogP contribution is 2.22. The van der Waals surface area contributed by atoms with Gasteiger partial charge in [0.25, 0.3) is 11.8 Å². The molecule has 1 saturated heterocycles. The Morgan fingerprint density at radius 3 is 2.43 bits per heavy atom. The van der Waals surface area contributed by atoms with E-state index in [4.69, 9.17) is 16.3 Å². The van der Waals surface area contributed by atoms with Gasteiger partial charge < -0.3 is 15.0 Å². The fourth-order valence-corrected chi connectivity index (χ4v) is 3.88. The minimum Gasteiger partial charge on any atom is -0.484 e. The Morgan fingerprint density at radius 1 is 0.967 bits per heavy atom. The van der Waals surface area contributed by atoms with Crippen molar-refractivity contribution in [3.8, 4) is 5.75 Å². The molecule has 5 nitrogen and oxygen atoms in total. The quantitative estimate of drug-likeness (QED) is 0.667. The predicted octanol–water partition coefficient (Wildman–Crippen LogP) is 4.29. The third kappa shape index (κ3) is 4.74. The van der Waals surface area contributed by atoms with Gasteiger partial charge in [-0.1, -0.05) is 48.0 Å². The molecule has 6 heteroatoms. The maximum absolute atomic E-state index is 13.0. The summed E-state index contributed by atoms with van der Waals surface area (Å²) in [5.41, 5.74) is 0.729. The van der Waals surface area contributed by atoms with E-state index >= 15 is 0 Å². The fraction of sp³-hybridized carbons (Fsp3) is 0.250. The lowest BCUT2D eigenvalue weighted by molar-refractivity contribution is -0.124. The second-order valence-electron chi connectivity index (χ2n) is 7.40. The van der Waals surface area contributed by atoms with E-state index < -0.39 is 0 Å². The van der Waals surface area contributed by atoms with Gasteiger partial charge in [0.05, 0.1) is 0 Å². The van der Waals surface area contributed by atoms with Crippen molar-refractivity contribution in [2.75, 3.05) is 19.7 Å². The van der Waals surface area contributed by atoms with Crippen molar-refractivity contribution in [2.45, 2.75) is 18.9 Å². The third-order valence-corrected chi connectivity index (χ3v) is 5.60. The SMILES string of the molecule is O=C(COc1ccc(Cl)cc1)NC1CCN(C(=O)c2cccc3ccccc23)CC1. The number of benzene rings is 3. The molecule has 30 heavy (non-hydrogen) atoms. The first-order valence-corrected chi connectivity index (χ1v) is 10.4. The topological polar surface area (TPSA) is 58.6 Å². The average molecular weight is 423 g/mol. The first-order chi connectivity index (χ1) is 14.6. The summed E-state index contributed by atoms with van der Waals surface area (Å²) in [6, 6.07) is 20.7. The number of nitrogens with zero attached hydrogens (tertiary/aromatic N) is 1. The van der Waals surface area contributed by atoms with E-state index in [2.05, 4.69) is 5.32 Å². The Bertz CT molecular complexity index is 1040. The summed E-state index contributed by atoms with van der Waals surface area (Å²) >= 11 is 5.84. The standard InChI is InChI=1S/C24H23ClN2O3/c25-18-8-10-20(11-9-18)30-16-23(28)26-19-12-14-27(15-13-19)24(29)22-7-3-5-17-4-1-2-6-21(17)22/h1-11,19H,12-16H2,(H,26,28). The normalized spacial score (nSPS) is 14.5. The Balaban J connectivity index is 1.28. The van der Waals surface area contributed by atoms with Gasteiger partial charge in [0.1, 0.15) is 5.75 Å². The summed E-state index contributed by atoms with van der Waals surface area (Å²) in [5, 5.41) is 5.66. The smallest absolute Gasteiger partial charge is 0.258 e. The molecule has 0 unspecified atom stereocenters. The zero-order valence-corrected chi connectivity index (χ0v) is 17.3. The molecule has 0 radical (unpaired) electrons. The molecule has 0 spiro atoms. The van der Waals surface area contributed by atoms with Gasteiger partial charge in [-0.25, -0.2) is 0 Å². The summed E-state index contributed by atoms with van der Waals surface area (Å²) in [7, 11) is 0. The number of rotatable bonds is 5. The molecule has 2 amide bonds. The largest absolute Gasteiger partial charge is 0.484 e. The van der Waals surface area contributed by atoms with Crippen LogP contribution < -0.4 is 10.1 Å². The zero-order valence-electron chi connectivity index (χ0n) is 16.5. The maximum atomic E-state index is 13.0. The average Bonchev–Trinajstić information content (AvgIpc) is 2.78. The van der Waals surface area contributed by atoms with Gasteiger partial charge in [-0.05, 0) is 53.9 Å². The van der Waals surface area contributed by atoms with Gasteiger partial charge in [-0.2, -0.15) is 0 Å². The lowest BCUT2D eigenvalue weighted by Gasteiger charge is -2.32. The molecule has 4 rings (SSSR count). The van der Waals surface area contributed by atoms with Gasteiger partial charge >= 0.3 is 0 Å². The monoisotopic (exact) mass is 422 g/mol. The van der Waals surface area contributed by atoms with Gasteiger partial charge in [0, 0.05) is 29.7 Å². The third-order valence-electron chi connectivity index (χ3n) is 5.35. The summed E-state index contributed by atoms with van der Waals surface area (Å²) in [6.07, 6.45) is 1.45. The highest BCUT2D eigenvalue weighted by Gasteiger charge is 2.25. The number of halogens is 1. The summed E-state index contributed by atoms with van der Waals surface area (Å²) in [6.45, 7) is 1.19. The first kappa shape index (κ1) is 20.2. The molecule has 0 aromatic heterocycles. The lowest BCUT2D eigenvalue weighted by atomic mass is 10.0. The van der Waals surface area contributed by atoms with Crippen LogP contribution in [0.15, 0.2) is 66.7 Å². The fourth-order valence-electron chi connectivity index (χ4n) is 3.76. The van der Waals surface area contributed by atoms with Crippen molar-refractivity contribution in [3.05, 3.63) is 77.3 Å². The van der Waals surface area contributed by atoms with Crippen LogP contribution in [0.1, 0.15) is 23.2 Å². The maximum Gasteiger partial charge on any atom is 0.258 e. The molecule has 1 aliphatic heterocycles. The van der Waals surface area contributed by atoms with E-state index in [9.17, 15) is 9.59 Å². The van der Waals surface area contributed by atoms with Gasteiger partial charge in [-0.15, -0.1) is 0 Å². The molecule has 1 aliphatic rings. The molecule has 0 atom stereocenters. The van der Waals surface area contributed by atoms with Crippen molar-refractivity contribution < 1.29 is 14.3 Å². The summed E-state index contributed by atoms with van der Waals surface area (Å²) < 4.78 is 5.49. The number of piperidine rings is 1. The van der Waals surface area contributed by atoms with Crippen molar-refractivity contribution in [3.63, 3.8) is 0 Å². The number of hydrogen-bond acceptors (Lipinski definition) is 3. The van der Waals surface area contributed by atoms with E-state index in [0.717, 1.165) is 29.2 Å². The predicted molar refractivity (Wildman–Crippen MR) is 118 cm³/mol. The lowest BCUT2D eigenvalue weighted by Crippen LogP contribution is -2.47. The van der Waals surface area contributed by atoms with Crippen molar-refractivity contribution in [1.29, 1.82) is 0 Å². The Kier molecular flexibility index (Phi) is 6.19. The van der Waals surface area contributed by atoms with Gasteiger partial charge in [0.2, 0.25) is 0 Å². The van der Waals surface area contributed by atoms with E-state index in [-0.39, 0.29) is 24.5 Å². The number of carbonyl (C=O) groups is 2. The molecule has 154 valence electrons. The molecule has 1 fully saturated rings. The highest BCUT2D eigenvalue weighted by atomic mass is 35.5. The molecule has 0 saturated carbocycles. The van der Waals surface area contributed by atoms with Crippen molar-refractivity contribution in [1.82, 2.24) is 10.2 Å². The number of fused-ring (bicyclic) bond motifs is 1. The molecule has 0 bridgehead atoms. The minimum atomic E-state index is -0.163. The van der Waals surface area contributed by atoms with Crippen LogP contribution in [0.25, 0.3) is 10.8 Å². The zero-order chi connectivity index (χ0) is 20.9. The summed E-state index contributed by atoms with van der Waals surface area (Å²) in [4.78, 5) is 27.1. The van der Waals surface area contributed by atoms with Crippen LogP contribution in [0.5, 0.6) is 5.75 Å². The number of nitrogens with one attached hydrogen (secondary N) is 1.